The summed E-state index contributed by atoms with van der Waals surface area (Å²) in [6.07, 6.45) is 4.17. The quantitative estimate of drug-likeness (QED) is 0.433. The van der Waals surface area contributed by atoms with Crippen LogP contribution in [0.4, 0.5) is 0 Å². The summed E-state index contributed by atoms with van der Waals surface area (Å²) in [5, 5.41) is 4.06. The highest BCUT2D eigenvalue weighted by atomic mass is 16.5. The molecule has 1 N–H and O–H groups in total. The summed E-state index contributed by atoms with van der Waals surface area (Å²) in [6, 6.07) is 12.7. The Morgan fingerprint density at radius 2 is 2.00 bits per heavy atom. The van der Waals surface area contributed by atoms with Gasteiger partial charge in [0.25, 0.3) is 0 Å². The van der Waals surface area contributed by atoms with Crippen molar-refractivity contribution in [2.45, 2.75) is 58.5 Å². The number of carbonyl (C=O) groups is 1. The number of nitrogens with one attached hydrogen (secondary N) is 1. The third-order valence-corrected chi connectivity index (χ3v) is 6.93. The molecule has 0 saturated carbocycles. The molecule has 6 heteroatoms. The Kier molecular flexibility index (Phi) is 8.47. The van der Waals surface area contributed by atoms with Crippen molar-refractivity contribution in [2.75, 3.05) is 33.4 Å². The van der Waals surface area contributed by atoms with Crippen molar-refractivity contribution in [1.82, 2.24) is 10.2 Å². The zero-order valence-corrected chi connectivity index (χ0v) is 21.4. The average molecular weight is 479 g/mol. The minimum absolute atomic E-state index is 0.0243. The molecule has 2 aromatic carbocycles. The molecule has 1 saturated heterocycles. The monoisotopic (exact) mass is 478 g/mol. The highest BCUT2D eigenvalue weighted by molar-refractivity contribution is 5.88. The second kappa shape index (κ2) is 11.7. The van der Waals surface area contributed by atoms with Crippen LogP contribution in [0, 0.1) is 6.92 Å². The lowest BCUT2D eigenvalue weighted by molar-refractivity contribution is -0.120. The largest absolute Gasteiger partial charge is 0.492 e. The van der Waals surface area contributed by atoms with E-state index in [1.54, 1.807) is 6.26 Å². The molecular formula is C29H38N2O4. The number of carbonyl (C=O) groups excluding carboxylic acids is 1. The van der Waals surface area contributed by atoms with Gasteiger partial charge in [-0.1, -0.05) is 26.0 Å². The van der Waals surface area contributed by atoms with Crippen LogP contribution >= 0.6 is 0 Å². The van der Waals surface area contributed by atoms with Crippen LogP contribution in [0.5, 0.6) is 5.75 Å². The zero-order chi connectivity index (χ0) is 24.8. The Balaban J connectivity index is 1.28. The van der Waals surface area contributed by atoms with E-state index in [9.17, 15) is 4.79 Å². The van der Waals surface area contributed by atoms with E-state index in [1.807, 2.05) is 24.3 Å². The zero-order valence-electron chi connectivity index (χ0n) is 21.4. The second-order valence-electron chi connectivity index (χ2n) is 9.89. The number of amides is 1. The molecule has 6 nitrogen and oxygen atoms in total. The first-order valence-corrected chi connectivity index (χ1v) is 12.7. The molecule has 3 aromatic rings. The minimum atomic E-state index is -0.0243. The number of benzene rings is 2. The molecule has 0 atom stereocenters. The van der Waals surface area contributed by atoms with Crippen molar-refractivity contribution in [3.63, 3.8) is 0 Å². The number of hydrogen-bond acceptors (Lipinski definition) is 5. The highest BCUT2D eigenvalue weighted by Crippen LogP contribution is 2.29. The van der Waals surface area contributed by atoms with E-state index in [-0.39, 0.29) is 5.91 Å². The van der Waals surface area contributed by atoms with Crippen LogP contribution in [0.1, 0.15) is 54.9 Å². The van der Waals surface area contributed by atoms with Gasteiger partial charge in [0.2, 0.25) is 5.91 Å². The fourth-order valence-electron chi connectivity index (χ4n) is 4.80. The van der Waals surface area contributed by atoms with Crippen molar-refractivity contribution in [1.29, 1.82) is 0 Å². The maximum atomic E-state index is 12.7. The fraction of sp³-hybridized carbons (Fsp3) is 0.483. The first-order chi connectivity index (χ1) is 16.9. The van der Waals surface area contributed by atoms with E-state index in [0.717, 1.165) is 60.4 Å². The van der Waals surface area contributed by atoms with Gasteiger partial charge in [0.1, 0.15) is 17.9 Å². The molecule has 0 spiro atoms. The fourth-order valence-corrected chi connectivity index (χ4v) is 4.80. The number of ether oxygens (including phenoxy) is 2. The van der Waals surface area contributed by atoms with Gasteiger partial charge in [-0.2, -0.15) is 0 Å². The number of fused-ring (bicyclic) bond motifs is 1. The lowest BCUT2D eigenvalue weighted by Crippen LogP contribution is -2.38. The molecule has 4 rings (SSSR count). The Hall–Kier alpha value is -2.83. The highest BCUT2D eigenvalue weighted by Gasteiger charge is 2.18. The standard InChI is InChI=1S/C29H38N2O4/c1-20(2)26-17-27-23(19-35-28(27)14-21(26)3)16-29(32)30-18-22-6-5-7-25(15-22)34-13-10-31(4)24-8-11-33-12-9-24/h5-7,14-15,17,19-20,24H,8-13,16,18H2,1-4H3,(H,30,32). The summed E-state index contributed by atoms with van der Waals surface area (Å²) in [6.45, 7) is 10.1. The Morgan fingerprint density at radius 1 is 1.20 bits per heavy atom. The van der Waals surface area contributed by atoms with Crippen LogP contribution in [0.15, 0.2) is 47.1 Å². The van der Waals surface area contributed by atoms with E-state index in [0.29, 0.717) is 31.5 Å². The van der Waals surface area contributed by atoms with Crippen molar-refractivity contribution >= 4 is 16.9 Å². The number of rotatable bonds is 10. The molecule has 2 heterocycles. The maximum absolute atomic E-state index is 12.7. The number of nitrogens with zero attached hydrogens (tertiary/aromatic N) is 1. The summed E-state index contributed by atoms with van der Waals surface area (Å²) in [5.74, 6) is 1.23. The molecule has 0 radical (unpaired) electrons. The van der Waals surface area contributed by atoms with E-state index < -0.39 is 0 Å². The molecule has 0 unspecified atom stereocenters. The van der Waals surface area contributed by atoms with Crippen molar-refractivity contribution in [3.8, 4) is 5.75 Å². The predicted molar refractivity (Wildman–Crippen MR) is 139 cm³/mol. The van der Waals surface area contributed by atoms with Crippen LogP contribution in [-0.4, -0.2) is 50.3 Å². The molecule has 1 amide bonds. The molecule has 1 aliphatic heterocycles. The van der Waals surface area contributed by atoms with Crippen molar-refractivity contribution < 1.29 is 18.7 Å². The molecule has 35 heavy (non-hydrogen) atoms. The molecule has 1 aliphatic rings. The summed E-state index contributed by atoms with van der Waals surface area (Å²) in [5.41, 5.74) is 5.28. The van der Waals surface area contributed by atoms with E-state index >= 15 is 0 Å². The molecule has 188 valence electrons. The van der Waals surface area contributed by atoms with Gasteiger partial charge in [-0.25, -0.2) is 0 Å². The SMILES string of the molecule is Cc1cc2occ(CC(=O)NCc3cccc(OCCN(C)C4CCOCC4)c3)c2cc1C(C)C. The van der Waals surface area contributed by atoms with Gasteiger partial charge in [-0.15, -0.1) is 0 Å². The number of hydrogen-bond donors (Lipinski definition) is 1. The predicted octanol–water partition coefficient (Wildman–Crippen LogP) is 5.21. The number of aryl methyl sites for hydroxylation is 1. The van der Waals surface area contributed by atoms with Gasteiger partial charge in [-0.3, -0.25) is 9.69 Å². The summed E-state index contributed by atoms with van der Waals surface area (Å²) >= 11 is 0. The summed E-state index contributed by atoms with van der Waals surface area (Å²) < 4.78 is 17.2. The molecule has 1 aromatic heterocycles. The number of likely N-dealkylation sites (N-methyl/N-ethyl adjacent to an activating group) is 1. The Bertz CT molecular complexity index is 1130. The van der Waals surface area contributed by atoms with Crippen LogP contribution in [0.2, 0.25) is 0 Å². The van der Waals surface area contributed by atoms with Crippen LogP contribution in [-0.2, 0) is 22.5 Å². The number of furan rings is 1. The smallest absolute Gasteiger partial charge is 0.224 e. The van der Waals surface area contributed by atoms with Gasteiger partial charge < -0.3 is 19.2 Å². The van der Waals surface area contributed by atoms with E-state index in [1.165, 1.54) is 11.1 Å². The molecule has 1 fully saturated rings. The van der Waals surface area contributed by atoms with Gasteiger partial charge in [0.05, 0.1) is 12.7 Å². The van der Waals surface area contributed by atoms with Gasteiger partial charge in [0.15, 0.2) is 0 Å². The van der Waals surface area contributed by atoms with Gasteiger partial charge in [-0.05, 0) is 73.7 Å². The third kappa shape index (κ3) is 6.65. The maximum Gasteiger partial charge on any atom is 0.224 e. The lowest BCUT2D eigenvalue weighted by atomic mass is 9.95. The summed E-state index contributed by atoms with van der Waals surface area (Å²) in [7, 11) is 2.15. The van der Waals surface area contributed by atoms with Crippen molar-refractivity contribution in [3.05, 3.63) is 64.9 Å². The normalized spacial score (nSPS) is 14.7. The lowest BCUT2D eigenvalue weighted by Gasteiger charge is -2.31. The first kappa shape index (κ1) is 25.3. The third-order valence-electron chi connectivity index (χ3n) is 6.93. The van der Waals surface area contributed by atoms with Crippen LogP contribution in [0.3, 0.4) is 0 Å². The van der Waals surface area contributed by atoms with Crippen LogP contribution < -0.4 is 10.1 Å². The molecular weight excluding hydrogens is 440 g/mol. The summed E-state index contributed by atoms with van der Waals surface area (Å²) in [4.78, 5) is 15.1. The Labute approximate surface area is 208 Å². The second-order valence-corrected chi connectivity index (χ2v) is 9.89. The van der Waals surface area contributed by atoms with Gasteiger partial charge >= 0.3 is 0 Å². The molecule has 0 bridgehead atoms. The average Bonchev–Trinajstić information content (AvgIpc) is 3.24. The van der Waals surface area contributed by atoms with E-state index in [2.05, 4.69) is 50.2 Å². The first-order valence-electron chi connectivity index (χ1n) is 12.7. The van der Waals surface area contributed by atoms with E-state index in [4.69, 9.17) is 13.9 Å². The van der Waals surface area contributed by atoms with Crippen LogP contribution in [0.25, 0.3) is 11.0 Å². The minimum Gasteiger partial charge on any atom is -0.492 e. The topological polar surface area (TPSA) is 63.9 Å². The molecule has 0 aliphatic carbocycles. The van der Waals surface area contributed by atoms with Gasteiger partial charge in [0, 0.05) is 43.3 Å². The Morgan fingerprint density at radius 3 is 2.77 bits per heavy atom. The van der Waals surface area contributed by atoms with Crippen molar-refractivity contribution in [2.24, 2.45) is 0 Å².